The molecule has 0 bridgehead atoms. The highest BCUT2D eigenvalue weighted by atomic mass is 35.5. The number of fused-ring (bicyclic) bond motifs is 1. The molecule has 0 aliphatic carbocycles. The number of hydrogen-bond acceptors (Lipinski definition) is 2. The Kier molecular flexibility index (Phi) is 4.94. The Morgan fingerprint density at radius 2 is 2.12 bits per heavy atom. The zero-order valence-corrected chi connectivity index (χ0v) is 15.7. The molecule has 2 heterocycles. The van der Waals surface area contributed by atoms with Crippen LogP contribution in [0.3, 0.4) is 0 Å². The van der Waals surface area contributed by atoms with Gasteiger partial charge in [-0.15, -0.1) is 0 Å². The lowest BCUT2D eigenvalue weighted by molar-refractivity contribution is -0.214. The number of piperidine rings is 1. The van der Waals surface area contributed by atoms with Crippen molar-refractivity contribution in [2.24, 2.45) is 5.92 Å². The molecule has 2 aliphatic heterocycles. The molecule has 2 atom stereocenters. The number of halogens is 1. The minimum atomic E-state index is -0.0779. The number of amides is 1. The van der Waals surface area contributed by atoms with Crippen molar-refractivity contribution in [2.75, 3.05) is 13.1 Å². The monoisotopic (exact) mass is 349 g/mol. The van der Waals surface area contributed by atoms with E-state index in [1.165, 1.54) is 0 Å². The van der Waals surface area contributed by atoms with Gasteiger partial charge >= 0.3 is 0 Å². The summed E-state index contributed by atoms with van der Waals surface area (Å²) in [5, 5.41) is 0.732. The molecule has 0 spiro atoms. The Morgan fingerprint density at radius 3 is 2.88 bits per heavy atom. The van der Waals surface area contributed by atoms with Crippen LogP contribution in [0.5, 0.6) is 0 Å². The highest BCUT2D eigenvalue weighted by molar-refractivity contribution is 6.30. The van der Waals surface area contributed by atoms with E-state index >= 15 is 0 Å². The van der Waals surface area contributed by atoms with Crippen LogP contribution in [-0.4, -0.2) is 35.1 Å². The summed E-state index contributed by atoms with van der Waals surface area (Å²) < 4.78 is 6.38. The number of rotatable bonds is 3. The predicted molar refractivity (Wildman–Crippen MR) is 97.3 cm³/mol. The van der Waals surface area contributed by atoms with Gasteiger partial charge in [-0.2, -0.15) is 0 Å². The van der Waals surface area contributed by atoms with Gasteiger partial charge in [0, 0.05) is 30.5 Å². The average molecular weight is 350 g/mol. The molecule has 0 radical (unpaired) electrons. The summed E-state index contributed by atoms with van der Waals surface area (Å²) in [6, 6.07) is 7.78. The fourth-order valence-electron chi connectivity index (χ4n) is 4.17. The molecule has 3 nitrogen and oxygen atoms in total. The van der Waals surface area contributed by atoms with Crippen molar-refractivity contribution >= 4 is 17.5 Å². The Labute approximate surface area is 150 Å². The number of carbonyl (C=O) groups excluding carboxylic acids is 1. The second kappa shape index (κ2) is 6.68. The molecule has 4 heteroatoms. The number of hydrogen-bond donors (Lipinski definition) is 0. The van der Waals surface area contributed by atoms with Gasteiger partial charge in [0.05, 0.1) is 11.2 Å². The van der Waals surface area contributed by atoms with Crippen molar-refractivity contribution in [1.82, 2.24) is 4.90 Å². The van der Waals surface area contributed by atoms with Crippen LogP contribution in [0.25, 0.3) is 0 Å². The number of aryl methyl sites for hydroxylation is 1. The van der Waals surface area contributed by atoms with E-state index in [1.54, 1.807) is 0 Å². The van der Waals surface area contributed by atoms with Crippen LogP contribution in [0.4, 0.5) is 0 Å². The molecule has 24 heavy (non-hydrogen) atoms. The maximum atomic E-state index is 12.6. The van der Waals surface area contributed by atoms with Crippen LogP contribution < -0.4 is 0 Å². The topological polar surface area (TPSA) is 29.5 Å². The molecule has 2 aliphatic rings. The molecular formula is C20H28ClNO2. The molecule has 3 rings (SSSR count). The fourth-order valence-corrected chi connectivity index (χ4v) is 4.39. The number of carbonyl (C=O) groups is 1. The second-order valence-electron chi connectivity index (χ2n) is 8.13. The van der Waals surface area contributed by atoms with Crippen LogP contribution in [0.2, 0.25) is 5.02 Å². The van der Waals surface area contributed by atoms with Gasteiger partial charge in [0.25, 0.3) is 0 Å². The molecule has 1 aromatic carbocycles. The molecule has 0 unspecified atom stereocenters. The van der Waals surface area contributed by atoms with Crippen LogP contribution in [0.15, 0.2) is 24.3 Å². The van der Waals surface area contributed by atoms with Crippen molar-refractivity contribution in [2.45, 2.75) is 64.1 Å². The number of benzene rings is 1. The first-order chi connectivity index (χ1) is 11.3. The predicted octanol–water partition coefficient (Wildman–Crippen LogP) is 4.47. The smallest absolute Gasteiger partial charge is 0.222 e. The summed E-state index contributed by atoms with van der Waals surface area (Å²) >= 11 is 6.01. The molecule has 0 N–H and O–H groups in total. The van der Waals surface area contributed by atoms with Gasteiger partial charge in [-0.1, -0.05) is 23.7 Å². The van der Waals surface area contributed by atoms with Gasteiger partial charge in [0.15, 0.2) is 0 Å². The van der Waals surface area contributed by atoms with Gasteiger partial charge in [-0.3, -0.25) is 4.79 Å². The maximum Gasteiger partial charge on any atom is 0.222 e. The van der Waals surface area contributed by atoms with Crippen molar-refractivity contribution in [3.8, 4) is 0 Å². The van der Waals surface area contributed by atoms with E-state index in [0.717, 1.165) is 49.4 Å². The van der Waals surface area contributed by atoms with Crippen LogP contribution >= 0.6 is 11.6 Å². The third-order valence-corrected chi connectivity index (χ3v) is 5.89. The largest absolute Gasteiger partial charge is 0.369 e. The zero-order chi connectivity index (χ0) is 17.4. The first-order valence-corrected chi connectivity index (χ1v) is 9.38. The SMILES string of the molecule is CC1(C)CC[C@H]2CN(C(=O)CCc3cccc(Cl)c3)CC[C@@]2(C)O1. The zero-order valence-electron chi connectivity index (χ0n) is 15.0. The molecule has 2 fully saturated rings. The Bertz CT molecular complexity index is 615. The first-order valence-electron chi connectivity index (χ1n) is 9.00. The summed E-state index contributed by atoms with van der Waals surface area (Å²) in [4.78, 5) is 14.7. The van der Waals surface area contributed by atoms with Crippen LogP contribution in [-0.2, 0) is 16.0 Å². The van der Waals surface area contributed by atoms with Gasteiger partial charge in [0.1, 0.15) is 0 Å². The molecule has 1 aromatic rings. The van der Waals surface area contributed by atoms with Crippen LogP contribution in [0, 0.1) is 5.92 Å². The van der Waals surface area contributed by atoms with Gasteiger partial charge in [-0.25, -0.2) is 0 Å². The lowest BCUT2D eigenvalue weighted by Crippen LogP contribution is -2.58. The van der Waals surface area contributed by atoms with Gasteiger partial charge < -0.3 is 9.64 Å². The molecule has 0 aromatic heterocycles. The summed E-state index contributed by atoms with van der Waals surface area (Å²) in [6.45, 7) is 8.22. The third kappa shape index (κ3) is 3.94. The normalized spacial score (nSPS) is 29.2. The lowest BCUT2D eigenvalue weighted by atomic mass is 9.74. The Morgan fingerprint density at radius 1 is 1.33 bits per heavy atom. The quantitative estimate of drug-likeness (QED) is 0.805. The summed E-state index contributed by atoms with van der Waals surface area (Å²) in [7, 11) is 0. The van der Waals surface area contributed by atoms with E-state index in [0.29, 0.717) is 12.3 Å². The maximum absolute atomic E-state index is 12.6. The third-order valence-electron chi connectivity index (χ3n) is 5.66. The van der Waals surface area contributed by atoms with E-state index in [2.05, 4.69) is 20.8 Å². The van der Waals surface area contributed by atoms with Crippen molar-refractivity contribution < 1.29 is 9.53 Å². The van der Waals surface area contributed by atoms with E-state index in [9.17, 15) is 4.79 Å². The minimum absolute atomic E-state index is 0.0377. The standard InChI is InChI=1S/C20H28ClNO2/c1-19(2)10-9-16-14-22(12-11-20(16,3)24-19)18(23)8-7-15-5-4-6-17(21)13-15/h4-6,13,16H,7-12,14H2,1-3H3/t16-,20+/m0/s1. The number of likely N-dealkylation sites (tertiary alicyclic amines) is 1. The van der Waals surface area contributed by atoms with Crippen molar-refractivity contribution in [3.05, 3.63) is 34.9 Å². The van der Waals surface area contributed by atoms with Gasteiger partial charge in [0.2, 0.25) is 5.91 Å². The molecule has 2 saturated heterocycles. The molecule has 1 amide bonds. The second-order valence-corrected chi connectivity index (χ2v) is 8.57. The highest BCUT2D eigenvalue weighted by Crippen LogP contribution is 2.43. The average Bonchev–Trinajstić information content (AvgIpc) is 2.51. The minimum Gasteiger partial charge on any atom is -0.369 e. The molecular weight excluding hydrogens is 322 g/mol. The molecule has 0 saturated carbocycles. The van der Waals surface area contributed by atoms with Gasteiger partial charge in [-0.05, 0) is 64.2 Å². The highest BCUT2D eigenvalue weighted by Gasteiger charge is 2.47. The van der Waals surface area contributed by atoms with Crippen LogP contribution in [0.1, 0.15) is 52.0 Å². The fraction of sp³-hybridized carbons (Fsp3) is 0.650. The summed E-state index contributed by atoms with van der Waals surface area (Å²) in [5.41, 5.74) is 1.01. The number of nitrogens with zero attached hydrogens (tertiary/aromatic N) is 1. The number of ether oxygens (including phenoxy) is 1. The summed E-state index contributed by atoms with van der Waals surface area (Å²) in [6.07, 6.45) is 4.45. The van der Waals surface area contributed by atoms with Crippen molar-refractivity contribution in [1.29, 1.82) is 0 Å². The van der Waals surface area contributed by atoms with E-state index in [4.69, 9.17) is 16.3 Å². The molecule has 132 valence electrons. The van der Waals surface area contributed by atoms with E-state index in [-0.39, 0.29) is 17.1 Å². The first kappa shape index (κ1) is 17.8. The van der Waals surface area contributed by atoms with E-state index < -0.39 is 0 Å². The lowest BCUT2D eigenvalue weighted by Gasteiger charge is -2.53. The Balaban J connectivity index is 1.56. The van der Waals surface area contributed by atoms with E-state index in [1.807, 2.05) is 29.2 Å². The van der Waals surface area contributed by atoms with Crippen molar-refractivity contribution in [3.63, 3.8) is 0 Å². The Hall–Kier alpha value is -1.06. The summed E-state index contributed by atoms with van der Waals surface area (Å²) in [5.74, 6) is 0.705.